The molecule has 2 rings (SSSR count). The fraction of sp³-hybridized carbons (Fsp3) is 0.571. The lowest BCUT2D eigenvalue weighted by molar-refractivity contribution is 0.206. The van der Waals surface area contributed by atoms with E-state index in [1.54, 1.807) is 0 Å². The highest BCUT2D eigenvalue weighted by molar-refractivity contribution is 5.30. The molecular weight excluding hydrogens is 212 g/mol. The van der Waals surface area contributed by atoms with Gasteiger partial charge < -0.3 is 5.11 Å². The highest BCUT2D eigenvalue weighted by Gasteiger charge is 2.19. The van der Waals surface area contributed by atoms with Gasteiger partial charge in [-0.05, 0) is 50.7 Å². The van der Waals surface area contributed by atoms with Crippen molar-refractivity contribution in [2.24, 2.45) is 0 Å². The highest BCUT2D eigenvalue weighted by atomic mass is 16.3. The Labute approximate surface area is 103 Å². The van der Waals surface area contributed by atoms with E-state index in [9.17, 15) is 5.11 Å². The lowest BCUT2D eigenvalue weighted by atomic mass is 9.91. The van der Waals surface area contributed by atoms with Gasteiger partial charge in [-0.1, -0.05) is 13.0 Å². The first kappa shape index (κ1) is 12.2. The molecule has 1 aromatic heterocycles. The Morgan fingerprint density at radius 1 is 1.35 bits per heavy atom. The van der Waals surface area contributed by atoms with Gasteiger partial charge in [0, 0.05) is 5.56 Å². The van der Waals surface area contributed by atoms with Crippen LogP contribution in [0, 0.1) is 6.92 Å². The molecule has 0 spiro atoms. The number of aryl methyl sites for hydroxylation is 2. The molecule has 17 heavy (non-hydrogen) atoms. The van der Waals surface area contributed by atoms with Crippen molar-refractivity contribution in [1.82, 2.24) is 10.2 Å². The summed E-state index contributed by atoms with van der Waals surface area (Å²) in [6.45, 7) is 3.96. The first-order valence-corrected chi connectivity index (χ1v) is 6.42. The number of rotatable bonds is 3. The van der Waals surface area contributed by atoms with Crippen LogP contribution in [0.4, 0.5) is 0 Å². The van der Waals surface area contributed by atoms with Gasteiger partial charge in [0.1, 0.15) is 6.10 Å². The molecule has 1 atom stereocenters. The van der Waals surface area contributed by atoms with Crippen molar-refractivity contribution in [3.8, 4) is 0 Å². The predicted molar refractivity (Wildman–Crippen MR) is 67.7 cm³/mol. The van der Waals surface area contributed by atoms with E-state index in [-0.39, 0.29) is 0 Å². The molecule has 1 heterocycles. The van der Waals surface area contributed by atoms with Crippen LogP contribution in [-0.2, 0) is 6.42 Å². The minimum atomic E-state index is -0.487. The van der Waals surface area contributed by atoms with Crippen LogP contribution in [0.15, 0.2) is 17.7 Å². The average Bonchev–Trinajstić information content (AvgIpc) is 2.39. The van der Waals surface area contributed by atoms with Crippen LogP contribution in [0.1, 0.15) is 55.7 Å². The summed E-state index contributed by atoms with van der Waals surface area (Å²) in [6.07, 6.45) is 7.03. The largest absolute Gasteiger partial charge is 0.384 e. The number of nitrogens with zero attached hydrogens (tertiary/aromatic N) is 2. The second-order valence-electron chi connectivity index (χ2n) is 4.67. The third kappa shape index (κ3) is 2.72. The van der Waals surface area contributed by atoms with E-state index in [0.717, 1.165) is 41.8 Å². The van der Waals surface area contributed by atoms with Crippen molar-refractivity contribution >= 4 is 0 Å². The summed E-state index contributed by atoms with van der Waals surface area (Å²) in [5.41, 5.74) is 3.87. The van der Waals surface area contributed by atoms with Gasteiger partial charge in [0.05, 0.1) is 11.4 Å². The molecule has 0 aromatic carbocycles. The lowest BCUT2D eigenvalue weighted by Gasteiger charge is -2.20. The predicted octanol–water partition coefficient (Wildman–Crippen LogP) is 2.88. The molecule has 3 heteroatoms. The third-order valence-electron chi connectivity index (χ3n) is 3.33. The van der Waals surface area contributed by atoms with Gasteiger partial charge in [0.25, 0.3) is 0 Å². The van der Waals surface area contributed by atoms with E-state index in [1.165, 1.54) is 12.8 Å². The van der Waals surface area contributed by atoms with Crippen LogP contribution in [0.25, 0.3) is 0 Å². The summed E-state index contributed by atoms with van der Waals surface area (Å²) in [5.74, 6) is 0. The van der Waals surface area contributed by atoms with E-state index >= 15 is 0 Å². The smallest absolute Gasteiger partial charge is 0.102 e. The molecule has 1 unspecified atom stereocenters. The first-order chi connectivity index (χ1) is 8.22. The molecule has 0 saturated carbocycles. The highest BCUT2D eigenvalue weighted by Crippen LogP contribution is 2.31. The summed E-state index contributed by atoms with van der Waals surface area (Å²) in [6, 6.07) is 1.96. The standard InChI is InChI=1S/C14H20N2O/c1-3-13-12(9-10(2)15-16-13)14(17)11-7-5-4-6-8-11/h7,9,14,17H,3-6,8H2,1-2H3. The summed E-state index contributed by atoms with van der Waals surface area (Å²) < 4.78 is 0. The maximum Gasteiger partial charge on any atom is 0.102 e. The monoisotopic (exact) mass is 232 g/mol. The minimum Gasteiger partial charge on any atom is -0.384 e. The number of hydrogen-bond acceptors (Lipinski definition) is 3. The van der Waals surface area contributed by atoms with Gasteiger partial charge in [0.2, 0.25) is 0 Å². The maximum atomic E-state index is 10.4. The van der Waals surface area contributed by atoms with Gasteiger partial charge in [-0.25, -0.2) is 0 Å². The fourth-order valence-electron chi connectivity index (χ4n) is 2.36. The normalized spacial score (nSPS) is 17.7. The molecule has 0 saturated heterocycles. The van der Waals surface area contributed by atoms with Crippen LogP contribution in [-0.4, -0.2) is 15.3 Å². The van der Waals surface area contributed by atoms with Crippen molar-refractivity contribution in [2.75, 3.05) is 0 Å². The van der Waals surface area contributed by atoms with Crippen LogP contribution in [0.5, 0.6) is 0 Å². The van der Waals surface area contributed by atoms with Crippen molar-refractivity contribution < 1.29 is 5.11 Å². The third-order valence-corrected chi connectivity index (χ3v) is 3.33. The van der Waals surface area contributed by atoms with Gasteiger partial charge >= 0.3 is 0 Å². The zero-order valence-corrected chi connectivity index (χ0v) is 10.6. The van der Waals surface area contributed by atoms with Crippen molar-refractivity contribution in [3.05, 3.63) is 34.7 Å². The van der Waals surface area contributed by atoms with Crippen LogP contribution >= 0.6 is 0 Å². The molecule has 3 nitrogen and oxygen atoms in total. The second-order valence-corrected chi connectivity index (χ2v) is 4.67. The zero-order valence-electron chi connectivity index (χ0n) is 10.6. The van der Waals surface area contributed by atoms with Crippen molar-refractivity contribution in [2.45, 2.75) is 52.1 Å². The number of aromatic nitrogens is 2. The Morgan fingerprint density at radius 3 is 2.82 bits per heavy atom. The van der Waals surface area contributed by atoms with Crippen molar-refractivity contribution in [3.63, 3.8) is 0 Å². The zero-order chi connectivity index (χ0) is 12.3. The van der Waals surface area contributed by atoms with Crippen molar-refractivity contribution in [1.29, 1.82) is 0 Å². The van der Waals surface area contributed by atoms with Gasteiger partial charge in [-0.15, -0.1) is 0 Å². The Morgan fingerprint density at radius 2 is 2.18 bits per heavy atom. The molecule has 0 radical (unpaired) electrons. The number of allylic oxidation sites excluding steroid dienone is 1. The Hall–Kier alpha value is -1.22. The topological polar surface area (TPSA) is 46.0 Å². The molecule has 1 aromatic rings. The molecular formula is C14H20N2O. The van der Waals surface area contributed by atoms with Gasteiger partial charge in [-0.3, -0.25) is 0 Å². The Kier molecular flexibility index (Phi) is 3.89. The van der Waals surface area contributed by atoms with E-state index in [1.807, 2.05) is 19.9 Å². The van der Waals surface area contributed by atoms with Gasteiger partial charge in [0.15, 0.2) is 0 Å². The fourth-order valence-corrected chi connectivity index (χ4v) is 2.36. The molecule has 1 aliphatic carbocycles. The molecule has 92 valence electrons. The molecule has 0 amide bonds. The molecule has 1 aliphatic rings. The van der Waals surface area contributed by atoms with E-state index in [0.29, 0.717) is 0 Å². The quantitative estimate of drug-likeness (QED) is 0.815. The molecule has 0 bridgehead atoms. The van der Waals surface area contributed by atoms with Crippen LogP contribution < -0.4 is 0 Å². The second kappa shape index (κ2) is 5.41. The first-order valence-electron chi connectivity index (χ1n) is 6.42. The Balaban J connectivity index is 2.31. The SMILES string of the molecule is CCc1nnc(C)cc1C(O)C1=CCCCC1. The van der Waals surface area contributed by atoms with Crippen LogP contribution in [0.2, 0.25) is 0 Å². The summed E-state index contributed by atoms with van der Waals surface area (Å²) in [7, 11) is 0. The number of aliphatic hydroxyl groups excluding tert-OH is 1. The molecule has 0 fully saturated rings. The summed E-state index contributed by atoms with van der Waals surface area (Å²) in [4.78, 5) is 0. The number of hydrogen-bond donors (Lipinski definition) is 1. The number of aliphatic hydroxyl groups is 1. The van der Waals surface area contributed by atoms with E-state index < -0.39 is 6.10 Å². The van der Waals surface area contributed by atoms with E-state index in [2.05, 4.69) is 16.3 Å². The average molecular weight is 232 g/mol. The lowest BCUT2D eigenvalue weighted by Crippen LogP contribution is -2.10. The molecule has 0 aliphatic heterocycles. The Bertz CT molecular complexity index is 426. The summed E-state index contributed by atoms with van der Waals surface area (Å²) in [5, 5.41) is 18.7. The minimum absolute atomic E-state index is 0.487. The van der Waals surface area contributed by atoms with E-state index in [4.69, 9.17) is 0 Å². The van der Waals surface area contributed by atoms with Crippen LogP contribution in [0.3, 0.4) is 0 Å². The molecule has 1 N–H and O–H groups in total. The summed E-state index contributed by atoms with van der Waals surface area (Å²) >= 11 is 0. The van der Waals surface area contributed by atoms with Gasteiger partial charge in [-0.2, -0.15) is 10.2 Å². The maximum absolute atomic E-state index is 10.4.